The van der Waals surface area contributed by atoms with Gasteiger partial charge in [0, 0.05) is 32.0 Å². The predicted octanol–water partition coefficient (Wildman–Crippen LogP) is 3.47. The fourth-order valence-electron chi connectivity index (χ4n) is 4.58. The molecule has 3 aromatic rings. The number of aryl methyl sites for hydroxylation is 1. The summed E-state index contributed by atoms with van der Waals surface area (Å²) < 4.78 is 7.24. The lowest BCUT2D eigenvalue weighted by Gasteiger charge is -2.38. The molecule has 0 unspecified atom stereocenters. The number of likely N-dealkylation sites (tertiary alicyclic amines) is 1. The van der Waals surface area contributed by atoms with Crippen LogP contribution < -0.4 is 0 Å². The fourth-order valence-corrected chi connectivity index (χ4v) is 4.58. The Bertz CT molecular complexity index is 1100. The van der Waals surface area contributed by atoms with Crippen LogP contribution in [0.2, 0.25) is 0 Å². The molecule has 2 heterocycles. The first-order valence-electron chi connectivity index (χ1n) is 9.89. The van der Waals surface area contributed by atoms with Gasteiger partial charge in [0.1, 0.15) is 12.2 Å². The van der Waals surface area contributed by atoms with Gasteiger partial charge in [0.15, 0.2) is 0 Å². The van der Waals surface area contributed by atoms with Gasteiger partial charge in [-0.25, -0.2) is 9.59 Å². The van der Waals surface area contributed by atoms with Crippen molar-refractivity contribution < 1.29 is 19.4 Å². The van der Waals surface area contributed by atoms with Gasteiger partial charge in [0.05, 0.1) is 11.9 Å². The van der Waals surface area contributed by atoms with E-state index in [1.54, 1.807) is 16.6 Å². The van der Waals surface area contributed by atoms with Gasteiger partial charge in [-0.15, -0.1) is 0 Å². The zero-order valence-electron chi connectivity index (χ0n) is 16.5. The van der Waals surface area contributed by atoms with Crippen molar-refractivity contribution in [2.75, 3.05) is 19.7 Å². The van der Waals surface area contributed by atoms with E-state index in [9.17, 15) is 14.7 Å². The van der Waals surface area contributed by atoms with E-state index in [4.69, 9.17) is 4.74 Å². The van der Waals surface area contributed by atoms with Crippen molar-refractivity contribution in [2.24, 2.45) is 7.05 Å². The Morgan fingerprint density at radius 2 is 1.67 bits per heavy atom. The third kappa shape index (κ3) is 2.85. The number of carbonyl (C=O) groups is 2. The van der Waals surface area contributed by atoms with E-state index >= 15 is 0 Å². The molecule has 0 radical (unpaired) electrons. The summed E-state index contributed by atoms with van der Waals surface area (Å²) in [7, 11) is 1.72. The number of aromatic nitrogens is 2. The average Bonchev–Trinajstić information content (AvgIpc) is 3.24. The minimum atomic E-state index is -1.00. The molecule has 0 atom stereocenters. The molecule has 1 amide bonds. The van der Waals surface area contributed by atoms with Crippen molar-refractivity contribution in [3.05, 3.63) is 77.1 Å². The summed E-state index contributed by atoms with van der Waals surface area (Å²) in [5.41, 5.74) is 5.56. The van der Waals surface area contributed by atoms with E-state index in [-0.39, 0.29) is 30.1 Å². The molecule has 152 valence electrons. The van der Waals surface area contributed by atoms with Crippen molar-refractivity contribution in [3.63, 3.8) is 0 Å². The van der Waals surface area contributed by atoms with Crippen LogP contribution in [-0.4, -0.2) is 51.5 Å². The molecule has 7 heteroatoms. The van der Waals surface area contributed by atoms with Gasteiger partial charge >= 0.3 is 12.1 Å². The standard InChI is InChI=1S/C23H21N3O4/c1-25-21(19(10-24-25)22(27)28)14-11-26(12-14)23(29)30-13-20-17-8-4-2-6-15(17)16-7-3-5-9-18(16)20/h2-10,14,20H,11-13H2,1H3,(H,27,28). The lowest BCUT2D eigenvalue weighted by atomic mass is 9.94. The summed E-state index contributed by atoms with van der Waals surface area (Å²) >= 11 is 0. The SMILES string of the molecule is Cn1ncc(C(=O)O)c1C1CN(C(=O)OCC2c3ccccc3-c3ccccc32)C1. The van der Waals surface area contributed by atoms with Crippen LogP contribution >= 0.6 is 0 Å². The van der Waals surface area contributed by atoms with E-state index in [1.807, 2.05) is 24.3 Å². The molecule has 1 saturated heterocycles. The number of fused-ring (bicyclic) bond motifs is 3. The predicted molar refractivity (Wildman–Crippen MR) is 110 cm³/mol. The fraction of sp³-hybridized carbons (Fsp3) is 0.261. The molecule has 1 aliphatic heterocycles. The van der Waals surface area contributed by atoms with Crippen LogP contribution in [-0.2, 0) is 11.8 Å². The maximum Gasteiger partial charge on any atom is 0.409 e. The van der Waals surface area contributed by atoms with Crippen molar-refractivity contribution >= 4 is 12.1 Å². The number of aromatic carboxylic acids is 1. The molecule has 0 spiro atoms. The first-order valence-corrected chi connectivity index (χ1v) is 9.89. The quantitative estimate of drug-likeness (QED) is 0.721. The molecule has 7 nitrogen and oxygen atoms in total. The molecule has 0 saturated carbocycles. The zero-order valence-corrected chi connectivity index (χ0v) is 16.5. The van der Waals surface area contributed by atoms with E-state index in [0.717, 1.165) is 0 Å². The van der Waals surface area contributed by atoms with E-state index in [2.05, 4.69) is 29.4 Å². The summed E-state index contributed by atoms with van der Waals surface area (Å²) in [5, 5.41) is 13.4. The van der Waals surface area contributed by atoms with Gasteiger partial charge in [0.2, 0.25) is 0 Å². The van der Waals surface area contributed by atoms with Gasteiger partial charge in [-0.1, -0.05) is 48.5 Å². The number of carbonyl (C=O) groups excluding carboxylic acids is 1. The molecule has 1 aromatic heterocycles. The highest BCUT2D eigenvalue weighted by Gasteiger charge is 2.38. The lowest BCUT2D eigenvalue weighted by Crippen LogP contribution is -2.49. The van der Waals surface area contributed by atoms with Gasteiger partial charge in [0.25, 0.3) is 0 Å². The van der Waals surface area contributed by atoms with Crippen molar-refractivity contribution in [1.82, 2.24) is 14.7 Å². The highest BCUT2D eigenvalue weighted by molar-refractivity contribution is 5.89. The van der Waals surface area contributed by atoms with E-state index in [1.165, 1.54) is 28.5 Å². The topological polar surface area (TPSA) is 84.7 Å². The zero-order chi connectivity index (χ0) is 20.8. The average molecular weight is 403 g/mol. The summed E-state index contributed by atoms with van der Waals surface area (Å²) in [6, 6.07) is 16.4. The van der Waals surface area contributed by atoms with Crippen LogP contribution in [0.3, 0.4) is 0 Å². The van der Waals surface area contributed by atoms with Gasteiger partial charge in [-0.3, -0.25) is 4.68 Å². The number of hydrogen-bond donors (Lipinski definition) is 1. The maximum absolute atomic E-state index is 12.6. The Labute approximate surface area is 173 Å². The van der Waals surface area contributed by atoms with Crippen molar-refractivity contribution in [1.29, 1.82) is 0 Å². The van der Waals surface area contributed by atoms with Crippen molar-refractivity contribution in [3.8, 4) is 11.1 Å². The summed E-state index contributed by atoms with van der Waals surface area (Å²) in [5.74, 6) is -1.03. The van der Waals surface area contributed by atoms with Crippen LogP contribution in [0.1, 0.15) is 39.0 Å². The van der Waals surface area contributed by atoms with Crippen LogP contribution in [0.15, 0.2) is 54.7 Å². The molecule has 30 heavy (non-hydrogen) atoms. The van der Waals surface area contributed by atoms with E-state index in [0.29, 0.717) is 18.8 Å². The largest absolute Gasteiger partial charge is 0.478 e. The monoisotopic (exact) mass is 403 g/mol. The first kappa shape index (κ1) is 18.4. The molecule has 1 fully saturated rings. The number of ether oxygens (including phenoxy) is 1. The van der Waals surface area contributed by atoms with Crippen LogP contribution in [0.25, 0.3) is 11.1 Å². The molecule has 5 rings (SSSR count). The van der Waals surface area contributed by atoms with E-state index < -0.39 is 5.97 Å². The maximum atomic E-state index is 12.6. The third-order valence-corrected chi connectivity index (χ3v) is 6.08. The van der Waals surface area contributed by atoms with Gasteiger partial charge < -0.3 is 14.7 Å². The number of amides is 1. The number of benzene rings is 2. The van der Waals surface area contributed by atoms with Gasteiger partial charge in [-0.2, -0.15) is 5.10 Å². The number of carboxylic acid groups (broad SMARTS) is 1. The minimum Gasteiger partial charge on any atom is -0.478 e. The highest BCUT2D eigenvalue weighted by Crippen LogP contribution is 2.44. The molecular formula is C23H21N3O4. The number of carboxylic acids is 1. The normalized spacial score (nSPS) is 15.4. The minimum absolute atomic E-state index is 0.0223. The lowest BCUT2D eigenvalue weighted by molar-refractivity contribution is 0.0658. The molecule has 1 N–H and O–H groups in total. The number of rotatable bonds is 4. The third-order valence-electron chi connectivity index (χ3n) is 6.08. The van der Waals surface area contributed by atoms with Crippen molar-refractivity contribution in [2.45, 2.75) is 11.8 Å². The highest BCUT2D eigenvalue weighted by atomic mass is 16.6. The number of hydrogen-bond acceptors (Lipinski definition) is 4. The van der Waals surface area contributed by atoms with Crippen LogP contribution in [0, 0.1) is 0 Å². The summed E-state index contributed by atoms with van der Waals surface area (Å²) in [6.45, 7) is 1.13. The summed E-state index contributed by atoms with van der Waals surface area (Å²) in [4.78, 5) is 25.6. The van der Waals surface area contributed by atoms with Crippen LogP contribution in [0.4, 0.5) is 4.79 Å². The Morgan fingerprint density at radius 3 is 2.27 bits per heavy atom. The van der Waals surface area contributed by atoms with Gasteiger partial charge in [-0.05, 0) is 22.3 Å². The second kappa shape index (κ2) is 7.02. The Kier molecular flexibility index (Phi) is 4.31. The molecule has 2 aromatic carbocycles. The second-order valence-electron chi connectivity index (χ2n) is 7.78. The molecule has 2 aliphatic rings. The molecular weight excluding hydrogens is 382 g/mol. The molecule has 1 aliphatic carbocycles. The Balaban J connectivity index is 1.25. The smallest absolute Gasteiger partial charge is 0.409 e. The Hall–Kier alpha value is -3.61. The second-order valence-corrected chi connectivity index (χ2v) is 7.78. The Morgan fingerprint density at radius 1 is 1.07 bits per heavy atom. The first-order chi connectivity index (χ1) is 14.5. The molecule has 0 bridgehead atoms. The summed E-state index contributed by atoms with van der Waals surface area (Å²) in [6.07, 6.45) is 0.986. The van der Waals surface area contributed by atoms with Crippen LogP contribution in [0.5, 0.6) is 0 Å². The number of nitrogens with zero attached hydrogens (tertiary/aromatic N) is 3.